The number of rotatable bonds is 2. The van der Waals surface area contributed by atoms with Crippen LogP contribution in [0.15, 0.2) is 47.4 Å². The molecule has 3 aromatic rings. The molecule has 0 spiro atoms. The SMILES string of the molecule is N#Cc1ccc(N2CCC(n3c(=O)[nH]c4ccccc43)CC2)cn1. The molecule has 0 radical (unpaired) electrons. The van der Waals surface area contributed by atoms with Crippen molar-refractivity contribution in [2.45, 2.75) is 18.9 Å². The van der Waals surface area contributed by atoms with E-state index in [-0.39, 0.29) is 11.7 Å². The smallest absolute Gasteiger partial charge is 0.326 e. The van der Waals surface area contributed by atoms with Gasteiger partial charge in [0.1, 0.15) is 11.8 Å². The van der Waals surface area contributed by atoms with Gasteiger partial charge in [0.15, 0.2) is 0 Å². The maximum Gasteiger partial charge on any atom is 0.326 e. The first-order chi connectivity index (χ1) is 11.8. The summed E-state index contributed by atoms with van der Waals surface area (Å²) in [7, 11) is 0. The predicted molar refractivity (Wildman–Crippen MR) is 92.0 cm³/mol. The van der Waals surface area contributed by atoms with Crippen LogP contribution in [0.2, 0.25) is 0 Å². The molecule has 1 saturated heterocycles. The average molecular weight is 319 g/mol. The summed E-state index contributed by atoms with van der Waals surface area (Å²) in [5.41, 5.74) is 3.29. The second-order valence-corrected chi connectivity index (χ2v) is 6.05. The predicted octanol–water partition coefficient (Wildman–Crippen LogP) is 2.44. The fourth-order valence-corrected chi connectivity index (χ4v) is 3.46. The van der Waals surface area contributed by atoms with E-state index in [2.05, 4.69) is 14.9 Å². The van der Waals surface area contributed by atoms with Crippen molar-refractivity contribution in [1.29, 1.82) is 5.26 Å². The third-order valence-corrected chi connectivity index (χ3v) is 4.68. The van der Waals surface area contributed by atoms with Crippen molar-refractivity contribution >= 4 is 16.7 Å². The van der Waals surface area contributed by atoms with Crippen LogP contribution in [0, 0.1) is 11.3 Å². The molecule has 1 aromatic carbocycles. The minimum absolute atomic E-state index is 0.0327. The summed E-state index contributed by atoms with van der Waals surface area (Å²) < 4.78 is 1.89. The van der Waals surface area contributed by atoms with Gasteiger partial charge in [-0.2, -0.15) is 5.26 Å². The number of nitrogens with zero attached hydrogens (tertiary/aromatic N) is 4. The summed E-state index contributed by atoms with van der Waals surface area (Å²) in [4.78, 5) is 21.6. The Hall–Kier alpha value is -3.07. The van der Waals surface area contributed by atoms with Crippen molar-refractivity contribution in [3.05, 3.63) is 58.8 Å². The fourth-order valence-electron chi connectivity index (χ4n) is 3.46. The highest BCUT2D eigenvalue weighted by Gasteiger charge is 2.23. The lowest BCUT2D eigenvalue weighted by Gasteiger charge is -2.33. The van der Waals surface area contributed by atoms with Gasteiger partial charge >= 0.3 is 5.69 Å². The van der Waals surface area contributed by atoms with Gasteiger partial charge in [-0.3, -0.25) is 4.57 Å². The molecule has 1 fully saturated rings. The van der Waals surface area contributed by atoms with Gasteiger partial charge in [0.2, 0.25) is 0 Å². The van der Waals surface area contributed by atoms with Gasteiger partial charge in [-0.1, -0.05) is 12.1 Å². The Morgan fingerprint density at radius 1 is 1.17 bits per heavy atom. The van der Waals surface area contributed by atoms with E-state index in [0.717, 1.165) is 42.7 Å². The lowest BCUT2D eigenvalue weighted by atomic mass is 10.0. The number of fused-ring (bicyclic) bond motifs is 1. The zero-order valence-electron chi connectivity index (χ0n) is 13.1. The lowest BCUT2D eigenvalue weighted by Crippen LogP contribution is -2.37. The largest absolute Gasteiger partial charge is 0.370 e. The number of aromatic amines is 1. The highest BCUT2D eigenvalue weighted by Crippen LogP contribution is 2.27. The van der Waals surface area contributed by atoms with Gasteiger partial charge < -0.3 is 9.88 Å². The Morgan fingerprint density at radius 3 is 2.67 bits per heavy atom. The number of pyridine rings is 1. The second-order valence-electron chi connectivity index (χ2n) is 6.05. The number of nitriles is 1. The molecule has 0 aliphatic carbocycles. The number of hydrogen-bond acceptors (Lipinski definition) is 4. The Labute approximate surface area is 139 Å². The van der Waals surface area contributed by atoms with E-state index in [1.807, 2.05) is 41.0 Å². The molecule has 1 aliphatic heterocycles. The Bertz CT molecular complexity index is 955. The molecule has 2 aromatic heterocycles. The summed E-state index contributed by atoms with van der Waals surface area (Å²) in [6.07, 6.45) is 3.56. The van der Waals surface area contributed by atoms with Crippen LogP contribution in [0.1, 0.15) is 24.6 Å². The first-order valence-corrected chi connectivity index (χ1v) is 8.06. The molecule has 120 valence electrons. The van der Waals surface area contributed by atoms with Crippen LogP contribution in [0.3, 0.4) is 0 Å². The third-order valence-electron chi connectivity index (χ3n) is 4.68. The summed E-state index contributed by atoms with van der Waals surface area (Å²) in [5.74, 6) is 0. The van der Waals surface area contributed by atoms with Crippen molar-refractivity contribution in [3.8, 4) is 6.07 Å². The van der Waals surface area contributed by atoms with E-state index >= 15 is 0 Å². The second kappa shape index (κ2) is 5.85. The summed E-state index contributed by atoms with van der Waals surface area (Å²) in [6, 6.07) is 13.7. The number of aromatic nitrogens is 3. The normalized spacial score (nSPS) is 15.5. The number of benzene rings is 1. The van der Waals surface area contributed by atoms with Crippen molar-refractivity contribution in [2.75, 3.05) is 18.0 Å². The Morgan fingerprint density at radius 2 is 1.96 bits per heavy atom. The minimum atomic E-state index is -0.0327. The van der Waals surface area contributed by atoms with Crippen LogP contribution in [0.5, 0.6) is 0 Å². The standard InChI is InChI=1S/C18H17N5O/c19-11-13-5-6-15(12-20-13)22-9-7-14(8-10-22)23-17-4-2-1-3-16(17)21-18(23)24/h1-6,12,14H,7-10H2,(H,21,24). The first kappa shape index (κ1) is 14.5. The molecular formula is C18H17N5O. The van der Waals surface area contributed by atoms with Crippen molar-refractivity contribution < 1.29 is 0 Å². The molecule has 6 nitrogen and oxygen atoms in total. The van der Waals surface area contributed by atoms with Crippen LogP contribution >= 0.6 is 0 Å². The lowest BCUT2D eigenvalue weighted by molar-refractivity contribution is 0.396. The van der Waals surface area contributed by atoms with E-state index in [0.29, 0.717) is 5.69 Å². The minimum Gasteiger partial charge on any atom is -0.370 e. The molecule has 6 heteroatoms. The maximum absolute atomic E-state index is 12.3. The third kappa shape index (κ3) is 2.44. The molecule has 24 heavy (non-hydrogen) atoms. The zero-order valence-corrected chi connectivity index (χ0v) is 13.1. The van der Waals surface area contributed by atoms with Gasteiger partial charge in [0, 0.05) is 19.1 Å². The first-order valence-electron chi connectivity index (χ1n) is 8.06. The molecule has 3 heterocycles. The Kier molecular flexibility index (Phi) is 3.54. The molecule has 0 atom stereocenters. The summed E-state index contributed by atoms with van der Waals surface area (Å²) in [6.45, 7) is 1.73. The van der Waals surface area contributed by atoms with Gasteiger partial charge in [0.25, 0.3) is 0 Å². The van der Waals surface area contributed by atoms with E-state index in [1.165, 1.54) is 0 Å². The molecule has 4 rings (SSSR count). The summed E-state index contributed by atoms with van der Waals surface area (Å²) >= 11 is 0. The van der Waals surface area contributed by atoms with Crippen molar-refractivity contribution in [2.24, 2.45) is 0 Å². The molecule has 0 unspecified atom stereocenters. The van der Waals surface area contributed by atoms with Crippen LogP contribution in [-0.4, -0.2) is 27.6 Å². The molecule has 0 saturated carbocycles. The van der Waals surface area contributed by atoms with Gasteiger partial charge in [-0.25, -0.2) is 9.78 Å². The van der Waals surface area contributed by atoms with Crippen molar-refractivity contribution in [3.63, 3.8) is 0 Å². The fraction of sp³-hybridized carbons (Fsp3) is 0.278. The summed E-state index contributed by atoms with van der Waals surface area (Å²) in [5, 5.41) is 8.83. The monoisotopic (exact) mass is 319 g/mol. The number of piperidine rings is 1. The number of para-hydroxylation sites is 2. The zero-order chi connectivity index (χ0) is 16.5. The molecular weight excluding hydrogens is 302 g/mol. The molecule has 1 aliphatic rings. The van der Waals surface area contributed by atoms with E-state index in [9.17, 15) is 4.79 Å². The number of H-pyrrole nitrogens is 1. The van der Waals surface area contributed by atoms with Crippen LogP contribution in [0.4, 0.5) is 5.69 Å². The number of hydrogen-bond donors (Lipinski definition) is 1. The van der Waals surface area contributed by atoms with E-state index < -0.39 is 0 Å². The Balaban J connectivity index is 1.54. The average Bonchev–Trinajstić information content (AvgIpc) is 2.98. The van der Waals surface area contributed by atoms with Gasteiger partial charge in [0.05, 0.1) is 22.9 Å². The topological polar surface area (TPSA) is 77.7 Å². The van der Waals surface area contributed by atoms with Crippen LogP contribution in [-0.2, 0) is 0 Å². The van der Waals surface area contributed by atoms with E-state index in [1.54, 1.807) is 12.3 Å². The van der Waals surface area contributed by atoms with Gasteiger partial charge in [-0.15, -0.1) is 0 Å². The number of nitrogens with one attached hydrogen (secondary N) is 1. The van der Waals surface area contributed by atoms with Crippen molar-refractivity contribution in [1.82, 2.24) is 14.5 Å². The van der Waals surface area contributed by atoms with E-state index in [4.69, 9.17) is 5.26 Å². The van der Waals surface area contributed by atoms with Crippen LogP contribution < -0.4 is 10.6 Å². The molecule has 0 amide bonds. The molecule has 0 bridgehead atoms. The molecule has 1 N–H and O–H groups in total. The number of imidazole rings is 1. The van der Waals surface area contributed by atoms with Gasteiger partial charge in [-0.05, 0) is 37.1 Å². The highest BCUT2D eigenvalue weighted by molar-refractivity contribution is 5.75. The maximum atomic E-state index is 12.3. The quantitative estimate of drug-likeness (QED) is 0.787. The number of anilines is 1. The van der Waals surface area contributed by atoms with Crippen LogP contribution in [0.25, 0.3) is 11.0 Å². The highest BCUT2D eigenvalue weighted by atomic mass is 16.1.